The predicted octanol–water partition coefficient (Wildman–Crippen LogP) is 5.47. The first-order valence-corrected chi connectivity index (χ1v) is 8.00. The summed E-state index contributed by atoms with van der Waals surface area (Å²) in [7, 11) is 0. The van der Waals surface area contributed by atoms with Gasteiger partial charge in [-0.15, -0.1) is 0 Å². The number of carbonyl (C=O) groups is 1. The molecule has 0 aromatic rings. The Kier molecular flexibility index (Phi) is 13.2. The number of hydrogen-bond donors (Lipinski definition) is 0. The van der Waals surface area contributed by atoms with E-state index in [1.54, 1.807) is 0 Å². The van der Waals surface area contributed by atoms with Gasteiger partial charge in [-0.1, -0.05) is 64.7 Å². The molecular formula is C16H32O3. The number of unbranched alkanes of at least 4 members (excludes halogenated alkanes) is 9. The Morgan fingerprint density at radius 2 is 1.32 bits per heavy atom. The van der Waals surface area contributed by atoms with Crippen LogP contribution in [-0.2, 0) is 9.47 Å². The third-order valence-electron chi connectivity index (χ3n) is 3.05. The lowest BCUT2D eigenvalue weighted by Gasteiger charge is -2.08. The van der Waals surface area contributed by atoms with Crippen LogP contribution in [0.4, 0.5) is 4.79 Å². The summed E-state index contributed by atoms with van der Waals surface area (Å²) in [6.07, 6.45) is 12.2. The van der Waals surface area contributed by atoms with E-state index in [-0.39, 0.29) is 6.10 Å². The van der Waals surface area contributed by atoms with Crippen molar-refractivity contribution in [3.05, 3.63) is 0 Å². The molecule has 0 unspecified atom stereocenters. The van der Waals surface area contributed by atoms with E-state index in [0.29, 0.717) is 6.61 Å². The highest BCUT2D eigenvalue weighted by molar-refractivity contribution is 5.59. The average molecular weight is 272 g/mol. The summed E-state index contributed by atoms with van der Waals surface area (Å²) in [6.45, 7) is 6.38. The zero-order valence-electron chi connectivity index (χ0n) is 13.1. The van der Waals surface area contributed by atoms with Gasteiger partial charge in [0.05, 0.1) is 12.7 Å². The Morgan fingerprint density at radius 1 is 0.842 bits per heavy atom. The van der Waals surface area contributed by atoms with Crippen molar-refractivity contribution in [2.24, 2.45) is 0 Å². The molecule has 3 heteroatoms. The van der Waals surface area contributed by atoms with Crippen LogP contribution in [0.15, 0.2) is 0 Å². The molecule has 0 heterocycles. The van der Waals surface area contributed by atoms with Gasteiger partial charge in [-0.05, 0) is 20.3 Å². The van der Waals surface area contributed by atoms with E-state index in [1.165, 1.54) is 51.4 Å². The molecule has 114 valence electrons. The summed E-state index contributed by atoms with van der Waals surface area (Å²) in [4.78, 5) is 11.1. The molecule has 0 aromatic carbocycles. The van der Waals surface area contributed by atoms with Gasteiger partial charge in [0.25, 0.3) is 0 Å². The summed E-state index contributed by atoms with van der Waals surface area (Å²) in [6, 6.07) is 0. The molecule has 19 heavy (non-hydrogen) atoms. The van der Waals surface area contributed by atoms with Crippen LogP contribution in [0.3, 0.4) is 0 Å². The second-order valence-corrected chi connectivity index (χ2v) is 5.45. The average Bonchev–Trinajstić information content (AvgIpc) is 2.35. The lowest BCUT2D eigenvalue weighted by Crippen LogP contribution is -2.13. The van der Waals surface area contributed by atoms with Crippen molar-refractivity contribution >= 4 is 6.16 Å². The summed E-state index contributed by atoms with van der Waals surface area (Å²) >= 11 is 0. The number of rotatable bonds is 12. The van der Waals surface area contributed by atoms with Crippen molar-refractivity contribution in [3.8, 4) is 0 Å². The largest absolute Gasteiger partial charge is 0.508 e. The van der Waals surface area contributed by atoms with Gasteiger partial charge in [0, 0.05) is 0 Å². The van der Waals surface area contributed by atoms with Crippen LogP contribution in [0.2, 0.25) is 0 Å². The fourth-order valence-corrected chi connectivity index (χ4v) is 1.97. The van der Waals surface area contributed by atoms with Crippen LogP contribution in [-0.4, -0.2) is 18.9 Å². The van der Waals surface area contributed by atoms with E-state index in [9.17, 15) is 4.79 Å². The molecule has 0 radical (unpaired) electrons. The fraction of sp³-hybridized carbons (Fsp3) is 0.938. The molecule has 0 aromatic heterocycles. The smallest absolute Gasteiger partial charge is 0.434 e. The monoisotopic (exact) mass is 272 g/mol. The lowest BCUT2D eigenvalue weighted by molar-refractivity contribution is 0.0336. The maximum absolute atomic E-state index is 11.1. The molecule has 3 nitrogen and oxygen atoms in total. The fourth-order valence-electron chi connectivity index (χ4n) is 1.97. The van der Waals surface area contributed by atoms with Crippen molar-refractivity contribution in [1.29, 1.82) is 0 Å². The SMILES string of the molecule is CCCCCCCCCCCCOC(=O)OC(C)C. The Bertz CT molecular complexity index is 202. The van der Waals surface area contributed by atoms with Crippen molar-refractivity contribution in [1.82, 2.24) is 0 Å². The molecule has 0 aliphatic carbocycles. The standard InChI is InChI=1S/C16H32O3/c1-4-5-6-7-8-9-10-11-12-13-14-18-16(17)19-15(2)3/h15H,4-14H2,1-3H3. The topological polar surface area (TPSA) is 35.5 Å². The highest BCUT2D eigenvalue weighted by Crippen LogP contribution is 2.10. The van der Waals surface area contributed by atoms with E-state index in [1.807, 2.05) is 13.8 Å². The Labute approximate surface area is 119 Å². The molecular weight excluding hydrogens is 240 g/mol. The normalized spacial score (nSPS) is 10.7. The number of hydrogen-bond acceptors (Lipinski definition) is 3. The second-order valence-electron chi connectivity index (χ2n) is 5.45. The first kappa shape index (κ1) is 18.3. The molecule has 0 saturated carbocycles. The van der Waals surface area contributed by atoms with Crippen LogP contribution in [0.5, 0.6) is 0 Å². The van der Waals surface area contributed by atoms with Crippen LogP contribution in [0.25, 0.3) is 0 Å². The first-order valence-electron chi connectivity index (χ1n) is 8.00. The highest BCUT2D eigenvalue weighted by atomic mass is 16.7. The molecule has 0 rings (SSSR count). The van der Waals surface area contributed by atoms with Crippen LogP contribution >= 0.6 is 0 Å². The van der Waals surface area contributed by atoms with E-state index >= 15 is 0 Å². The van der Waals surface area contributed by atoms with E-state index < -0.39 is 6.16 Å². The molecule has 0 atom stereocenters. The second kappa shape index (κ2) is 13.7. The minimum atomic E-state index is -0.536. The third-order valence-corrected chi connectivity index (χ3v) is 3.05. The van der Waals surface area contributed by atoms with E-state index in [4.69, 9.17) is 9.47 Å². The molecule has 0 N–H and O–H groups in total. The summed E-state index contributed by atoms with van der Waals surface area (Å²) < 4.78 is 9.84. The quantitative estimate of drug-likeness (QED) is 0.349. The van der Waals surface area contributed by atoms with Crippen LogP contribution < -0.4 is 0 Å². The molecule has 0 spiro atoms. The highest BCUT2D eigenvalue weighted by Gasteiger charge is 2.05. The minimum Gasteiger partial charge on any atom is -0.434 e. The van der Waals surface area contributed by atoms with Gasteiger partial charge in [-0.25, -0.2) is 4.79 Å². The van der Waals surface area contributed by atoms with Crippen LogP contribution in [0, 0.1) is 0 Å². The van der Waals surface area contributed by atoms with Crippen molar-refractivity contribution in [3.63, 3.8) is 0 Å². The first-order chi connectivity index (χ1) is 9.16. The molecule has 0 aliphatic heterocycles. The molecule has 0 bridgehead atoms. The lowest BCUT2D eigenvalue weighted by atomic mass is 10.1. The predicted molar refractivity (Wildman–Crippen MR) is 79.4 cm³/mol. The van der Waals surface area contributed by atoms with Gasteiger partial charge in [0.1, 0.15) is 0 Å². The van der Waals surface area contributed by atoms with Crippen molar-refractivity contribution in [2.75, 3.05) is 6.61 Å². The van der Waals surface area contributed by atoms with E-state index in [2.05, 4.69) is 6.92 Å². The Hall–Kier alpha value is -0.730. The molecule has 0 amide bonds. The number of ether oxygens (including phenoxy) is 2. The van der Waals surface area contributed by atoms with Gasteiger partial charge >= 0.3 is 6.16 Å². The summed E-state index contributed by atoms with van der Waals surface area (Å²) in [5.41, 5.74) is 0. The Morgan fingerprint density at radius 3 is 1.79 bits per heavy atom. The maximum Gasteiger partial charge on any atom is 0.508 e. The summed E-state index contributed by atoms with van der Waals surface area (Å²) in [5.74, 6) is 0. The van der Waals surface area contributed by atoms with Crippen molar-refractivity contribution < 1.29 is 14.3 Å². The van der Waals surface area contributed by atoms with Gasteiger partial charge < -0.3 is 9.47 Å². The molecule has 0 aliphatic rings. The van der Waals surface area contributed by atoms with E-state index in [0.717, 1.165) is 12.8 Å². The maximum atomic E-state index is 11.1. The number of carbonyl (C=O) groups excluding carboxylic acids is 1. The van der Waals surface area contributed by atoms with Crippen molar-refractivity contribution in [2.45, 2.75) is 91.1 Å². The third kappa shape index (κ3) is 15.2. The summed E-state index contributed by atoms with van der Waals surface area (Å²) in [5, 5.41) is 0. The minimum absolute atomic E-state index is 0.0970. The zero-order valence-corrected chi connectivity index (χ0v) is 13.1. The Balaban J connectivity index is 3.08. The van der Waals surface area contributed by atoms with Gasteiger partial charge in [0.15, 0.2) is 0 Å². The molecule has 0 saturated heterocycles. The zero-order chi connectivity index (χ0) is 14.3. The van der Waals surface area contributed by atoms with Crippen LogP contribution in [0.1, 0.15) is 85.0 Å². The van der Waals surface area contributed by atoms with Gasteiger partial charge in [-0.3, -0.25) is 0 Å². The van der Waals surface area contributed by atoms with Gasteiger partial charge in [0.2, 0.25) is 0 Å². The molecule has 0 fully saturated rings. The van der Waals surface area contributed by atoms with Gasteiger partial charge in [-0.2, -0.15) is 0 Å².